The minimum absolute atomic E-state index is 0.0579. The molecule has 1 aliphatic rings. The molecule has 2 heterocycles. The normalized spacial score (nSPS) is 18.3. The Morgan fingerprint density at radius 2 is 2.11 bits per heavy atom. The van der Waals surface area contributed by atoms with Crippen molar-refractivity contribution in [3.05, 3.63) is 17.5 Å². The smallest absolute Gasteiger partial charge is 0.252 e. The van der Waals surface area contributed by atoms with E-state index in [1.54, 1.807) is 22.4 Å². The monoisotopic (exact) mass is 322 g/mol. The molecule has 2 rings (SSSR count). The van der Waals surface area contributed by atoms with Gasteiger partial charge in [-0.1, -0.05) is 6.07 Å². The lowest BCUT2D eigenvalue weighted by atomic mass is 10.4. The van der Waals surface area contributed by atoms with E-state index >= 15 is 0 Å². The van der Waals surface area contributed by atoms with Crippen LogP contribution in [-0.2, 0) is 14.8 Å². The average Bonchev–Trinajstić information content (AvgIpc) is 2.83. The lowest BCUT2D eigenvalue weighted by Gasteiger charge is -2.20. The zero-order valence-corrected chi connectivity index (χ0v) is 12.7. The summed E-state index contributed by atoms with van der Waals surface area (Å²) in [5, 5.41) is 1.74. The van der Waals surface area contributed by atoms with Gasteiger partial charge in [0, 0.05) is 26.2 Å². The molecule has 0 radical (unpaired) electrons. The Labute approximate surface area is 121 Å². The fourth-order valence-electron chi connectivity index (χ4n) is 2.01. The Kier molecular flexibility index (Phi) is 4.83. The van der Waals surface area contributed by atoms with E-state index in [1.165, 1.54) is 15.6 Å². The Morgan fingerprint density at radius 1 is 1.32 bits per heavy atom. The van der Waals surface area contributed by atoms with Crippen LogP contribution in [0.25, 0.3) is 0 Å². The number of nitrogens with zero attached hydrogens (tertiary/aromatic N) is 2. The third kappa shape index (κ3) is 3.28. The van der Waals surface area contributed by atoms with Crippen molar-refractivity contribution in [2.24, 2.45) is 0 Å². The molecule has 1 aromatic rings. The minimum atomic E-state index is -3.42. The molecule has 0 aromatic carbocycles. The molecule has 1 saturated heterocycles. The molecule has 8 heteroatoms. The largest absolute Gasteiger partial charge is 0.340 e. The van der Waals surface area contributed by atoms with Gasteiger partial charge in [0.2, 0.25) is 5.91 Å². The Hall–Kier alpha value is -0.630. The maximum Gasteiger partial charge on any atom is 0.252 e. The second-order valence-electron chi connectivity index (χ2n) is 4.20. The quantitative estimate of drug-likeness (QED) is 0.786. The van der Waals surface area contributed by atoms with Crippen LogP contribution < -0.4 is 0 Å². The first-order valence-corrected chi connectivity index (χ1v) is 8.78. The Balaban J connectivity index is 2.10. The van der Waals surface area contributed by atoms with Crippen molar-refractivity contribution in [2.75, 3.05) is 32.1 Å². The number of carbonyl (C=O) groups is 1. The number of thiophene rings is 1. The first kappa shape index (κ1) is 14.8. The third-order valence-corrected chi connectivity index (χ3v) is 6.51. The van der Waals surface area contributed by atoms with E-state index in [9.17, 15) is 13.2 Å². The molecule has 0 unspecified atom stereocenters. The summed E-state index contributed by atoms with van der Waals surface area (Å²) in [5.74, 6) is -0.199. The van der Waals surface area contributed by atoms with Crippen molar-refractivity contribution in [1.29, 1.82) is 0 Å². The van der Waals surface area contributed by atoms with Crippen molar-refractivity contribution >= 4 is 38.9 Å². The Morgan fingerprint density at radius 3 is 2.74 bits per heavy atom. The molecular formula is C11H15ClN2O3S2. The van der Waals surface area contributed by atoms with E-state index in [2.05, 4.69) is 0 Å². The summed E-state index contributed by atoms with van der Waals surface area (Å²) in [6.45, 7) is 1.72. The molecule has 0 spiro atoms. The topological polar surface area (TPSA) is 57.7 Å². The molecule has 19 heavy (non-hydrogen) atoms. The molecule has 1 amide bonds. The summed E-state index contributed by atoms with van der Waals surface area (Å²) in [5.41, 5.74) is 0. The second-order valence-corrected chi connectivity index (χ2v) is 7.58. The highest BCUT2D eigenvalue weighted by atomic mass is 35.5. The summed E-state index contributed by atoms with van der Waals surface area (Å²) in [6.07, 6.45) is 0.632. The van der Waals surface area contributed by atoms with Crippen molar-refractivity contribution < 1.29 is 13.2 Å². The van der Waals surface area contributed by atoms with Crippen molar-refractivity contribution in [2.45, 2.75) is 10.6 Å². The molecule has 0 bridgehead atoms. The number of hydrogen-bond acceptors (Lipinski definition) is 4. The van der Waals surface area contributed by atoms with Crippen LogP contribution in [0, 0.1) is 0 Å². The molecule has 1 aliphatic heterocycles. The van der Waals surface area contributed by atoms with Gasteiger partial charge < -0.3 is 4.90 Å². The minimum Gasteiger partial charge on any atom is -0.340 e. The molecule has 0 atom stereocenters. The van der Waals surface area contributed by atoms with Crippen LogP contribution in [0.1, 0.15) is 6.42 Å². The van der Waals surface area contributed by atoms with E-state index in [-0.39, 0.29) is 11.8 Å². The molecule has 5 nitrogen and oxygen atoms in total. The van der Waals surface area contributed by atoms with Crippen molar-refractivity contribution in [1.82, 2.24) is 9.21 Å². The van der Waals surface area contributed by atoms with Gasteiger partial charge in [-0.15, -0.1) is 22.9 Å². The van der Waals surface area contributed by atoms with Crippen LogP contribution in [0.3, 0.4) is 0 Å². The van der Waals surface area contributed by atoms with E-state index < -0.39 is 10.0 Å². The van der Waals surface area contributed by atoms with Gasteiger partial charge in [0.1, 0.15) is 10.1 Å². The maximum absolute atomic E-state index is 12.4. The van der Waals surface area contributed by atoms with Crippen LogP contribution in [0.4, 0.5) is 0 Å². The first-order chi connectivity index (χ1) is 9.05. The zero-order chi connectivity index (χ0) is 13.9. The maximum atomic E-state index is 12.4. The molecular weight excluding hydrogens is 308 g/mol. The van der Waals surface area contributed by atoms with E-state index in [4.69, 9.17) is 11.6 Å². The van der Waals surface area contributed by atoms with Crippen LogP contribution in [0.2, 0.25) is 0 Å². The standard InChI is InChI=1S/C11H15ClN2O3S2/c12-9-10(15)13-4-2-5-14(7-6-13)19(16,17)11-3-1-8-18-11/h1,3,8H,2,4-7,9H2. The summed E-state index contributed by atoms with van der Waals surface area (Å²) in [7, 11) is -3.42. The number of rotatable bonds is 3. The predicted molar refractivity (Wildman–Crippen MR) is 75.0 cm³/mol. The van der Waals surface area contributed by atoms with Gasteiger partial charge >= 0.3 is 0 Å². The van der Waals surface area contributed by atoms with E-state index in [0.29, 0.717) is 36.8 Å². The number of halogens is 1. The third-order valence-electron chi connectivity index (χ3n) is 3.01. The zero-order valence-electron chi connectivity index (χ0n) is 10.3. The fourth-order valence-corrected chi connectivity index (χ4v) is 4.79. The van der Waals surface area contributed by atoms with Gasteiger partial charge in [-0.05, 0) is 17.9 Å². The highest BCUT2D eigenvalue weighted by Crippen LogP contribution is 2.22. The summed E-state index contributed by atoms with van der Waals surface area (Å²) in [4.78, 5) is 13.2. The van der Waals surface area contributed by atoms with Gasteiger partial charge in [0.15, 0.2) is 0 Å². The number of hydrogen-bond donors (Lipinski definition) is 0. The number of alkyl halides is 1. The lowest BCUT2D eigenvalue weighted by molar-refractivity contribution is -0.128. The number of amides is 1. The van der Waals surface area contributed by atoms with Gasteiger partial charge in [-0.3, -0.25) is 4.79 Å². The lowest BCUT2D eigenvalue weighted by Crippen LogP contribution is -2.37. The molecule has 1 fully saturated rings. The van der Waals surface area contributed by atoms with Crippen LogP contribution in [-0.4, -0.2) is 55.6 Å². The summed E-state index contributed by atoms with van der Waals surface area (Å²) < 4.78 is 26.5. The van der Waals surface area contributed by atoms with Crippen molar-refractivity contribution in [3.8, 4) is 0 Å². The number of sulfonamides is 1. The van der Waals surface area contributed by atoms with Gasteiger partial charge in [-0.2, -0.15) is 4.31 Å². The molecule has 106 valence electrons. The molecule has 0 saturated carbocycles. The number of carbonyl (C=O) groups excluding carboxylic acids is 1. The van der Waals surface area contributed by atoms with Crippen LogP contribution in [0.15, 0.2) is 21.7 Å². The van der Waals surface area contributed by atoms with Gasteiger partial charge in [0.25, 0.3) is 10.0 Å². The first-order valence-electron chi connectivity index (χ1n) is 5.93. The average molecular weight is 323 g/mol. The van der Waals surface area contributed by atoms with Crippen molar-refractivity contribution in [3.63, 3.8) is 0 Å². The SMILES string of the molecule is O=C(CCl)N1CCCN(S(=O)(=O)c2cccs2)CC1. The molecule has 0 N–H and O–H groups in total. The van der Waals surface area contributed by atoms with E-state index in [1.807, 2.05) is 0 Å². The second kappa shape index (κ2) is 6.21. The van der Waals surface area contributed by atoms with E-state index in [0.717, 1.165) is 0 Å². The Bertz CT molecular complexity index is 530. The highest BCUT2D eigenvalue weighted by molar-refractivity contribution is 7.91. The predicted octanol–water partition coefficient (Wildman–Crippen LogP) is 1.21. The molecule has 1 aromatic heterocycles. The molecule has 0 aliphatic carbocycles. The van der Waals surface area contributed by atoms with Crippen LogP contribution in [0.5, 0.6) is 0 Å². The summed E-state index contributed by atoms with van der Waals surface area (Å²) >= 11 is 6.74. The van der Waals surface area contributed by atoms with Gasteiger partial charge in [0.05, 0.1) is 0 Å². The summed E-state index contributed by atoms with van der Waals surface area (Å²) in [6, 6.07) is 3.32. The fraction of sp³-hybridized carbons (Fsp3) is 0.545. The van der Waals surface area contributed by atoms with Crippen LogP contribution >= 0.6 is 22.9 Å². The highest BCUT2D eigenvalue weighted by Gasteiger charge is 2.28. The van der Waals surface area contributed by atoms with Gasteiger partial charge in [-0.25, -0.2) is 8.42 Å².